The average molecular weight is 382 g/mol. The van der Waals surface area contributed by atoms with Gasteiger partial charge in [-0.2, -0.15) is 0 Å². The standard InChI is InChI=1S/C19H23N3O.2ClH/c1-14(19(23)21-18-8-6-15(12-20)7-9-18)22-11-10-16-4-2-3-5-17(16)13-22;;/h2-9,14H,10-13,20H2,1H3,(H,21,23);2*1H. The Balaban J connectivity index is 0.00000156. The molecule has 136 valence electrons. The number of nitrogens with two attached hydrogens (primary N) is 1. The number of nitrogens with zero attached hydrogens (tertiary/aromatic N) is 1. The summed E-state index contributed by atoms with van der Waals surface area (Å²) in [5.41, 5.74) is 10.2. The van der Waals surface area contributed by atoms with E-state index in [0.29, 0.717) is 6.54 Å². The summed E-state index contributed by atoms with van der Waals surface area (Å²) in [6, 6.07) is 16.0. The highest BCUT2D eigenvalue weighted by Gasteiger charge is 2.25. The Morgan fingerprint density at radius 1 is 1.12 bits per heavy atom. The van der Waals surface area contributed by atoms with Crippen LogP contribution in [0.15, 0.2) is 48.5 Å². The maximum Gasteiger partial charge on any atom is 0.241 e. The van der Waals surface area contributed by atoms with Crippen molar-refractivity contribution >= 4 is 36.4 Å². The lowest BCUT2D eigenvalue weighted by Crippen LogP contribution is -2.44. The monoisotopic (exact) mass is 381 g/mol. The van der Waals surface area contributed by atoms with Crippen molar-refractivity contribution in [1.82, 2.24) is 4.90 Å². The molecule has 0 fully saturated rings. The Hall–Kier alpha value is -1.59. The molecule has 1 amide bonds. The number of nitrogens with one attached hydrogen (secondary N) is 1. The van der Waals surface area contributed by atoms with Crippen LogP contribution in [-0.2, 0) is 24.3 Å². The van der Waals surface area contributed by atoms with Gasteiger partial charge in [-0.25, -0.2) is 0 Å². The first-order valence-electron chi connectivity index (χ1n) is 8.08. The van der Waals surface area contributed by atoms with Gasteiger partial charge in [0.25, 0.3) is 0 Å². The van der Waals surface area contributed by atoms with E-state index < -0.39 is 0 Å². The Labute approximate surface area is 161 Å². The summed E-state index contributed by atoms with van der Waals surface area (Å²) in [5.74, 6) is 0.0323. The van der Waals surface area contributed by atoms with Gasteiger partial charge in [-0.1, -0.05) is 36.4 Å². The number of fused-ring (bicyclic) bond motifs is 1. The second-order valence-electron chi connectivity index (χ2n) is 6.06. The molecule has 25 heavy (non-hydrogen) atoms. The molecule has 0 spiro atoms. The van der Waals surface area contributed by atoms with Crippen LogP contribution in [-0.4, -0.2) is 23.4 Å². The van der Waals surface area contributed by atoms with Gasteiger partial charge >= 0.3 is 0 Å². The molecule has 1 atom stereocenters. The minimum Gasteiger partial charge on any atom is -0.326 e. The lowest BCUT2D eigenvalue weighted by atomic mass is 9.99. The number of halogens is 2. The van der Waals surface area contributed by atoms with Crippen LogP contribution in [0, 0.1) is 0 Å². The normalized spacial score (nSPS) is 14.5. The lowest BCUT2D eigenvalue weighted by molar-refractivity contribution is -0.121. The van der Waals surface area contributed by atoms with Crippen molar-refractivity contribution in [2.45, 2.75) is 32.5 Å². The van der Waals surface area contributed by atoms with Crippen LogP contribution in [0.2, 0.25) is 0 Å². The summed E-state index contributed by atoms with van der Waals surface area (Å²) in [6.45, 7) is 4.23. The Morgan fingerprint density at radius 3 is 2.40 bits per heavy atom. The van der Waals surface area contributed by atoms with Gasteiger partial charge in [-0.05, 0) is 42.2 Å². The predicted molar refractivity (Wildman–Crippen MR) is 107 cm³/mol. The van der Waals surface area contributed by atoms with Crippen LogP contribution >= 0.6 is 24.8 Å². The third-order valence-corrected chi connectivity index (χ3v) is 4.54. The van der Waals surface area contributed by atoms with Crippen molar-refractivity contribution in [2.75, 3.05) is 11.9 Å². The number of hydrogen-bond donors (Lipinski definition) is 2. The first-order chi connectivity index (χ1) is 11.2. The summed E-state index contributed by atoms with van der Waals surface area (Å²) >= 11 is 0. The minimum absolute atomic E-state index is 0. The Morgan fingerprint density at radius 2 is 1.76 bits per heavy atom. The van der Waals surface area contributed by atoms with E-state index in [0.717, 1.165) is 30.8 Å². The number of rotatable bonds is 4. The summed E-state index contributed by atoms with van der Waals surface area (Å²) < 4.78 is 0. The van der Waals surface area contributed by atoms with E-state index in [4.69, 9.17) is 5.73 Å². The second kappa shape index (κ2) is 9.78. The quantitative estimate of drug-likeness (QED) is 0.853. The number of hydrogen-bond acceptors (Lipinski definition) is 3. The zero-order chi connectivity index (χ0) is 16.2. The molecular formula is C19H25Cl2N3O. The number of carbonyl (C=O) groups excluding carboxylic acids is 1. The van der Waals surface area contributed by atoms with Crippen LogP contribution < -0.4 is 11.1 Å². The van der Waals surface area contributed by atoms with Crippen LogP contribution in [0.5, 0.6) is 0 Å². The first-order valence-corrected chi connectivity index (χ1v) is 8.08. The molecule has 6 heteroatoms. The smallest absolute Gasteiger partial charge is 0.241 e. The molecule has 2 aromatic rings. The fourth-order valence-corrected chi connectivity index (χ4v) is 2.98. The summed E-state index contributed by atoms with van der Waals surface area (Å²) in [6.07, 6.45) is 0.999. The number of benzene rings is 2. The van der Waals surface area contributed by atoms with E-state index >= 15 is 0 Å². The van der Waals surface area contributed by atoms with E-state index in [1.165, 1.54) is 11.1 Å². The fourth-order valence-electron chi connectivity index (χ4n) is 2.98. The van der Waals surface area contributed by atoms with Gasteiger partial charge in [-0.15, -0.1) is 24.8 Å². The predicted octanol–water partition coefficient (Wildman–Crippen LogP) is 3.37. The number of amides is 1. The van der Waals surface area contributed by atoms with E-state index in [9.17, 15) is 4.79 Å². The van der Waals surface area contributed by atoms with Crippen molar-refractivity contribution in [2.24, 2.45) is 5.73 Å². The van der Waals surface area contributed by atoms with Crippen LogP contribution in [0.4, 0.5) is 5.69 Å². The van der Waals surface area contributed by atoms with Gasteiger partial charge in [0.1, 0.15) is 0 Å². The highest BCUT2D eigenvalue weighted by molar-refractivity contribution is 5.94. The molecule has 4 nitrogen and oxygen atoms in total. The highest BCUT2D eigenvalue weighted by atomic mass is 35.5. The van der Waals surface area contributed by atoms with E-state index in [2.05, 4.69) is 34.5 Å². The topological polar surface area (TPSA) is 58.4 Å². The molecular weight excluding hydrogens is 357 g/mol. The van der Waals surface area contributed by atoms with Gasteiger partial charge in [0.2, 0.25) is 5.91 Å². The molecule has 0 saturated carbocycles. The fraction of sp³-hybridized carbons (Fsp3) is 0.316. The van der Waals surface area contributed by atoms with Crippen LogP contribution in [0.25, 0.3) is 0 Å². The van der Waals surface area contributed by atoms with Crippen molar-refractivity contribution < 1.29 is 4.79 Å². The first kappa shape index (κ1) is 21.5. The van der Waals surface area contributed by atoms with Crippen LogP contribution in [0.1, 0.15) is 23.6 Å². The molecule has 0 aromatic heterocycles. The van der Waals surface area contributed by atoms with Gasteiger partial charge in [0.15, 0.2) is 0 Å². The highest BCUT2D eigenvalue weighted by Crippen LogP contribution is 2.21. The van der Waals surface area contributed by atoms with Crippen LogP contribution in [0.3, 0.4) is 0 Å². The Bertz CT molecular complexity index is 691. The summed E-state index contributed by atoms with van der Waals surface area (Å²) in [5, 5.41) is 2.99. The zero-order valence-corrected chi connectivity index (χ0v) is 15.9. The molecule has 2 aromatic carbocycles. The zero-order valence-electron chi connectivity index (χ0n) is 14.3. The molecule has 1 heterocycles. The maximum absolute atomic E-state index is 12.5. The summed E-state index contributed by atoms with van der Waals surface area (Å²) in [4.78, 5) is 14.7. The van der Waals surface area contributed by atoms with Gasteiger partial charge in [-0.3, -0.25) is 9.69 Å². The van der Waals surface area contributed by atoms with E-state index in [1.54, 1.807) is 0 Å². The molecule has 1 unspecified atom stereocenters. The average Bonchev–Trinajstić information content (AvgIpc) is 2.61. The molecule has 0 radical (unpaired) electrons. The van der Waals surface area contributed by atoms with Crippen molar-refractivity contribution in [3.63, 3.8) is 0 Å². The van der Waals surface area contributed by atoms with Gasteiger partial charge in [0.05, 0.1) is 6.04 Å². The minimum atomic E-state index is -0.155. The molecule has 3 N–H and O–H groups in total. The molecule has 3 rings (SSSR count). The maximum atomic E-state index is 12.5. The molecule has 0 aliphatic carbocycles. The molecule has 0 bridgehead atoms. The third-order valence-electron chi connectivity index (χ3n) is 4.54. The second-order valence-corrected chi connectivity index (χ2v) is 6.06. The van der Waals surface area contributed by atoms with E-state index in [1.807, 2.05) is 31.2 Å². The molecule has 0 saturated heterocycles. The van der Waals surface area contributed by atoms with E-state index in [-0.39, 0.29) is 36.8 Å². The van der Waals surface area contributed by atoms with Crippen molar-refractivity contribution in [3.05, 3.63) is 65.2 Å². The summed E-state index contributed by atoms with van der Waals surface area (Å²) in [7, 11) is 0. The largest absolute Gasteiger partial charge is 0.326 e. The number of carbonyl (C=O) groups is 1. The third kappa shape index (κ3) is 5.19. The Kier molecular flexibility index (Phi) is 8.39. The number of anilines is 1. The van der Waals surface area contributed by atoms with Crippen molar-refractivity contribution in [3.8, 4) is 0 Å². The lowest BCUT2D eigenvalue weighted by Gasteiger charge is -2.32. The SMILES string of the molecule is CC(C(=O)Nc1ccc(CN)cc1)N1CCc2ccccc2C1.Cl.Cl. The van der Waals surface area contributed by atoms with Gasteiger partial charge in [0, 0.05) is 25.3 Å². The molecule has 1 aliphatic rings. The van der Waals surface area contributed by atoms with Gasteiger partial charge < -0.3 is 11.1 Å². The van der Waals surface area contributed by atoms with Crippen molar-refractivity contribution in [1.29, 1.82) is 0 Å². The molecule has 1 aliphatic heterocycles.